The smallest absolute Gasteiger partial charge is 0.253 e. The van der Waals surface area contributed by atoms with Gasteiger partial charge in [0.05, 0.1) is 11.3 Å². The Bertz CT molecular complexity index is 782. The van der Waals surface area contributed by atoms with Crippen LogP contribution in [0.3, 0.4) is 0 Å². The quantitative estimate of drug-likeness (QED) is 0.756. The first-order valence-electron chi connectivity index (χ1n) is 12.3. The summed E-state index contributed by atoms with van der Waals surface area (Å²) in [6.07, 6.45) is 9.75. The summed E-state index contributed by atoms with van der Waals surface area (Å²) in [6, 6.07) is 4.45. The lowest BCUT2D eigenvalue weighted by Crippen LogP contribution is -2.41. The minimum absolute atomic E-state index is 0.00684. The van der Waals surface area contributed by atoms with E-state index in [4.69, 9.17) is 4.98 Å². The fourth-order valence-corrected chi connectivity index (χ4v) is 5.68. The molecule has 1 atom stereocenters. The molecule has 0 aromatic carbocycles. The maximum Gasteiger partial charge on any atom is 0.253 e. The lowest BCUT2D eigenvalue weighted by atomic mass is 9.89. The third-order valence-electron chi connectivity index (χ3n) is 7.64. The number of pyridine rings is 1. The summed E-state index contributed by atoms with van der Waals surface area (Å²) in [5.74, 6) is 0.832. The molecule has 3 fully saturated rings. The summed E-state index contributed by atoms with van der Waals surface area (Å²) in [5, 5.41) is 3.14. The van der Waals surface area contributed by atoms with Crippen molar-refractivity contribution >= 4 is 11.8 Å². The summed E-state index contributed by atoms with van der Waals surface area (Å²) in [6.45, 7) is 5.41. The number of hydrogen-bond donors (Lipinski definition) is 1. The monoisotopic (exact) mass is 426 g/mol. The second kappa shape index (κ2) is 10.1. The van der Waals surface area contributed by atoms with Crippen molar-refractivity contribution in [3.05, 3.63) is 29.1 Å². The molecule has 0 bridgehead atoms. The highest BCUT2D eigenvalue weighted by Crippen LogP contribution is 2.32. The van der Waals surface area contributed by atoms with E-state index in [0.717, 1.165) is 63.1 Å². The van der Waals surface area contributed by atoms with Gasteiger partial charge in [-0.05, 0) is 77.6 Å². The van der Waals surface area contributed by atoms with Gasteiger partial charge in [-0.2, -0.15) is 0 Å². The van der Waals surface area contributed by atoms with Gasteiger partial charge in [0.25, 0.3) is 5.91 Å². The second-order valence-corrected chi connectivity index (χ2v) is 9.79. The van der Waals surface area contributed by atoms with E-state index in [1.54, 1.807) is 0 Å². The van der Waals surface area contributed by atoms with Crippen LogP contribution in [0.4, 0.5) is 0 Å². The van der Waals surface area contributed by atoms with E-state index in [-0.39, 0.29) is 17.7 Å². The van der Waals surface area contributed by atoms with Gasteiger partial charge < -0.3 is 15.1 Å². The van der Waals surface area contributed by atoms with Crippen LogP contribution in [-0.4, -0.2) is 65.9 Å². The van der Waals surface area contributed by atoms with E-state index >= 15 is 0 Å². The third kappa shape index (κ3) is 5.28. The highest BCUT2D eigenvalue weighted by atomic mass is 16.2. The molecule has 2 aliphatic heterocycles. The summed E-state index contributed by atoms with van der Waals surface area (Å²) < 4.78 is 0. The third-order valence-corrected chi connectivity index (χ3v) is 7.64. The molecule has 1 aliphatic carbocycles. The van der Waals surface area contributed by atoms with Crippen molar-refractivity contribution in [1.82, 2.24) is 20.1 Å². The van der Waals surface area contributed by atoms with Gasteiger partial charge in [0.2, 0.25) is 5.91 Å². The number of hydrogen-bond acceptors (Lipinski definition) is 4. The van der Waals surface area contributed by atoms with Crippen LogP contribution in [-0.2, 0) is 4.79 Å². The Labute approximate surface area is 186 Å². The van der Waals surface area contributed by atoms with Crippen molar-refractivity contribution in [2.45, 2.75) is 76.7 Å². The SMILES string of the molecule is Cc1ccc(C(=O)NCCC2CCCN2C)c(C2CCN(C(=O)C3CCCC3)CC2)n1. The van der Waals surface area contributed by atoms with E-state index in [1.165, 1.54) is 25.7 Å². The molecule has 1 unspecified atom stereocenters. The fraction of sp³-hybridized carbons (Fsp3) is 0.720. The zero-order valence-corrected chi connectivity index (χ0v) is 19.2. The van der Waals surface area contributed by atoms with E-state index in [9.17, 15) is 9.59 Å². The Kier molecular flexibility index (Phi) is 7.26. The molecular weight excluding hydrogens is 388 g/mol. The maximum atomic E-state index is 13.0. The Hall–Kier alpha value is -1.95. The van der Waals surface area contributed by atoms with Crippen LogP contribution in [0, 0.1) is 12.8 Å². The molecule has 6 nitrogen and oxygen atoms in total. The van der Waals surface area contributed by atoms with E-state index in [0.29, 0.717) is 24.1 Å². The molecule has 3 heterocycles. The molecule has 1 N–H and O–H groups in total. The van der Waals surface area contributed by atoms with Crippen molar-refractivity contribution in [3.63, 3.8) is 0 Å². The molecule has 1 saturated carbocycles. The van der Waals surface area contributed by atoms with Gasteiger partial charge in [0.1, 0.15) is 0 Å². The summed E-state index contributed by atoms with van der Waals surface area (Å²) in [7, 11) is 2.17. The Morgan fingerprint density at radius 2 is 1.77 bits per heavy atom. The number of likely N-dealkylation sites (tertiary alicyclic amines) is 2. The van der Waals surface area contributed by atoms with Crippen molar-refractivity contribution in [2.75, 3.05) is 33.2 Å². The highest BCUT2D eigenvalue weighted by molar-refractivity contribution is 5.95. The molecule has 0 radical (unpaired) electrons. The molecule has 170 valence electrons. The average Bonchev–Trinajstić information content (AvgIpc) is 3.45. The molecule has 31 heavy (non-hydrogen) atoms. The van der Waals surface area contributed by atoms with Crippen LogP contribution in [0.25, 0.3) is 0 Å². The topological polar surface area (TPSA) is 65.5 Å². The number of nitrogens with one attached hydrogen (secondary N) is 1. The average molecular weight is 427 g/mol. The number of aryl methyl sites for hydroxylation is 1. The first-order chi connectivity index (χ1) is 15.0. The largest absolute Gasteiger partial charge is 0.352 e. The molecule has 6 heteroatoms. The summed E-state index contributed by atoms with van der Waals surface area (Å²) in [4.78, 5) is 35.0. The molecule has 2 saturated heterocycles. The predicted molar refractivity (Wildman–Crippen MR) is 122 cm³/mol. The van der Waals surface area contributed by atoms with Crippen LogP contribution >= 0.6 is 0 Å². The lowest BCUT2D eigenvalue weighted by Gasteiger charge is -2.34. The standard InChI is InChI=1S/C25H38N4O2/c1-18-9-10-22(24(30)26-14-11-21-8-5-15-28(21)2)23(27-18)19-12-16-29(17-13-19)25(31)20-6-3-4-7-20/h9-10,19-21H,3-8,11-17H2,1-2H3,(H,26,30). The fourth-order valence-electron chi connectivity index (χ4n) is 5.68. The van der Waals surface area contributed by atoms with E-state index in [2.05, 4.69) is 22.2 Å². The maximum absolute atomic E-state index is 13.0. The number of aromatic nitrogens is 1. The molecule has 3 aliphatic rings. The van der Waals surface area contributed by atoms with Crippen molar-refractivity contribution in [2.24, 2.45) is 5.92 Å². The van der Waals surface area contributed by atoms with Crippen molar-refractivity contribution < 1.29 is 9.59 Å². The number of nitrogens with zero attached hydrogens (tertiary/aromatic N) is 3. The van der Waals surface area contributed by atoms with Gasteiger partial charge in [0.15, 0.2) is 0 Å². The van der Waals surface area contributed by atoms with Gasteiger partial charge in [-0.25, -0.2) is 0 Å². The second-order valence-electron chi connectivity index (χ2n) is 9.79. The first-order valence-corrected chi connectivity index (χ1v) is 12.3. The molecule has 1 aromatic heterocycles. The van der Waals surface area contributed by atoms with Crippen molar-refractivity contribution in [1.29, 1.82) is 0 Å². The zero-order valence-electron chi connectivity index (χ0n) is 19.2. The Morgan fingerprint density at radius 1 is 1.03 bits per heavy atom. The molecule has 0 spiro atoms. The van der Waals surface area contributed by atoms with Crippen LogP contribution in [0.1, 0.15) is 85.5 Å². The Balaban J connectivity index is 1.35. The highest BCUT2D eigenvalue weighted by Gasteiger charge is 2.32. The van der Waals surface area contributed by atoms with Crippen LogP contribution < -0.4 is 5.32 Å². The number of rotatable bonds is 6. The minimum atomic E-state index is -0.00684. The van der Waals surface area contributed by atoms with Crippen molar-refractivity contribution in [3.8, 4) is 0 Å². The summed E-state index contributed by atoms with van der Waals surface area (Å²) in [5.41, 5.74) is 2.58. The molecular formula is C25H38N4O2. The van der Waals surface area contributed by atoms with E-state index < -0.39 is 0 Å². The normalized spacial score (nSPS) is 23.4. The molecule has 2 amide bonds. The van der Waals surface area contributed by atoms with Crippen LogP contribution in [0.5, 0.6) is 0 Å². The first kappa shape index (κ1) is 22.3. The van der Waals surface area contributed by atoms with Gasteiger partial charge in [-0.15, -0.1) is 0 Å². The number of carbonyl (C=O) groups is 2. The van der Waals surface area contributed by atoms with Gasteiger partial charge in [-0.1, -0.05) is 12.8 Å². The number of amides is 2. The lowest BCUT2D eigenvalue weighted by molar-refractivity contribution is -0.136. The van der Waals surface area contributed by atoms with Gasteiger partial charge in [-0.3, -0.25) is 14.6 Å². The Morgan fingerprint density at radius 3 is 2.45 bits per heavy atom. The summed E-state index contributed by atoms with van der Waals surface area (Å²) >= 11 is 0. The van der Waals surface area contributed by atoms with Gasteiger partial charge in [0, 0.05) is 43.2 Å². The van der Waals surface area contributed by atoms with Gasteiger partial charge >= 0.3 is 0 Å². The zero-order chi connectivity index (χ0) is 21.8. The number of piperidine rings is 1. The van der Waals surface area contributed by atoms with Crippen LogP contribution in [0.15, 0.2) is 12.1 Å². The number of carbonyl (C=O) groups excluding carboxylic acids is 2. The van der Waals surface area contributed by atoms with Crippen LogP contribution in [0.2, 0.25) is 0 Å². The molecule has 4 rings (SSSR count). The van der Waals surface area contributed by atoms with E-state index in [1.807, 2.05) is 19.1 Å². The minimum Gasteiger partial charge on any atom is -0.352 e. The predicted octanol–water partition coefficient (Wildman–Crippen LogP) is 3.50. The molecule has 1 aromatic rings.